The third-order valence-corrected chi connectivity index (χ3v) is 12.6. The highest BCUT2D eigenvalue weighted by molar-refractivity contribution is 6.24. The third kappa shape index (κ3) is 6.94. The fourth-order valence-corrected chi connectivity index (χ4v) is 9.32. The third-order valence-electron chi connectivity index (χ3n) is 12.6. The van der Waals surface area contributed by atoms with Gasteiger partial charge in [0.15, 0.2) is 0 Å². The molecule has 1 N–H and O–H groups in total. The zero-order valence-corrected chi connectivity index (χ0v) is 33.2. The summed E-state index contributed by atoms with van der Waals surface area (Å²) >= 11 is 0. The number of imide groups is 2. The number of rotatable bonds is 9. The van der Waals surface area contributed by atoms with Crippen molar-refractivity contribution in [3.05, 3.63) is 101 Å². The lowest BCUT2D eigenvalue weighted by Crippen LogP contribution is -2.54. The first kappa shape index (κ1) is 38.5. The van der Waals surface area contributed by atoms with E-state index in [2.05, 4.69) is 20.9 Å². The summed E-state index contributed by atoms with van der Waals surface area (Å²) in [5.41, 5.74) is 5.53. The summed E-state index contributed by atoms with van der Waals surface area (Å²) in [6, 6.07) is 15.5. The number of benzene rings is 2. The maximum absolute atomic E-state index is 13.6. The van der Waals surface area contributed by atoms with Gasteiger partial charge >= 0.3 is 0 Å². The number of amides is 6. The van der Waals surface area contributed by atoms with Crippen molar-refractivity contribution in [2.75, 3.05) is 32.8 Å². The van der Waals surface area contributed by atoms with E-state index in [0.717, 1.165) is 63.3 Å². The molecule has 61 heavy (non-hydrogen) atoms. The Morgan fingerprint density at radius 2 is 1.74 bits per heavy atom. The largest absolute Gasteiger partial charge is 0.381 e. The molecule has 2 aromatic carbocycles. The van der Waals surface area contributed by atoms with Crippen molar-refractivity contribution < 1.29 is 38.2 Å². The number of fused-ring (bicyclic) bond motifs is 3. The minimum Gasteiger partial charge on any atom is -0.381 e. The lowest BCUT2D eigenvalue weighted by Gasteiger charge is -2.28. The van der Waals surface area contributed by atoms with Crippen LogP contribution in [-0.4, -0.2) is 115 Å². The minimum atomic E-state index is -1.05. The average molecular weight is 823 g/mol. The summed E-state index contributed by atoms with van der Waals surface area (Å²) in [5, 5.41) is 4.14. The van der Waals surface area contributed by atoms with Gasteiger partial charge in [-0.05, 0) is 60.9 Å². The van der Waals surface area contributed by atoms with Gasteiger partial charge in [0.05, 0.1) is 47.5 Å². The van der Waals surface area contributed by atoms with E-state index in [1.807, 2.05) is 30.5 Å². The maximum atomic E-state index is 13.6. The van der Waals surface area contributed by atoms with Crippen molar-refractivity contribution in [2.24, 2.45) is 0 Å². The van der Waals surface area contributed by atoms with Gasteiger partial charge in [-0.3, -0.25) is 49.0 Å². The fraction of sp³-hybridized carbons (Fsp3) is 0.356. The van der Waals surface area contributed by atoms with E-state index in [9.17, 15) is 28.8 Å². The van der Waals surface area contributed by atoms with Crippen LogP contribution in [0.25, 0.3) is 33.3 Å². The highest BCUT2D eigenvalue weighted by Crippen LogP contribution is 2.38. The molecule has 0 radical (unpaired) electrons. The number of imidazole rings is 1. The molecule has 2 atom stereocenters. The van der Waals surface area contributed by atoms with Crippen molar-refractivity contribution in [2.45, 2.75) is 69.9 Å². The lowest BCUT2D eigenvalue weighted by atomic mass is 9.99. The second kappa shape index (κ2) is 15.7. The summed E-state index contributed by atoms with van der Waals surface area (Å²) in [6.07, 6.45) is 6.63. The van der Waals surface area contributed by atoms with Crippen LogP contribution in [0.3, 0.4) is 0 Å². The molecule has 16 nitrogen and oxygen atoms in total. The molecule has 310 valence electrons. The van der Waals surface area contributed by atoms with Crippen molar-refractivity contribution in [1.82, 2.24) is 39.5 Å². The summed E-state index contributed by atoms with van der Waals surface area (Å²) in [4.78, 5) is 95.4. The van der Waals surface area contributed by atoms with Crippen LogP contribution in [0, 0.1) is 0 Å². The van der Waals surface area contributed by atoms with Crippen LogP contribution in [0.15, 0.2) is 67.0 Å². The lowest BCUT2D eigenvalue weighted by molar-refractivity contribution is -0.136. The maximum Gasteiger partial charge on any atom is 0.272 e. The molecular weight excluding hydrogens is 781 g/mol. The van der Waals surface area contributed by atoms with Crippen LogP contribution in [-0.2, 0) is 43.6 Å². The summed E-state index contributed by atoms with van der Waals surface area (Å²) in [5.74, 6) is -1.12. The van der Waals surface area contributed by atoms with Gasteiger partial charge in [0.2, 0.25) is 18.2 Å². The van der Waals surface area contributed by atoms with Crippen molar-refractivity contribution in [3.8, 4) is 22.5 Å². The number of piperidine rings is 1. The molecule has 8 heterocycles. The highest BCUT2D eigenvalue weighted by Gasteiger charge is 2.45. The molecular formula is C45H42N8O8. The summed E-state index contributed by atoms with van der Waals surface area (Å²) < 4.78 is 14.1. The zero-order chi connectivity index (χ0) is 41.8. The van der Waals surface area contributed by atoms with E-state index in [1.54, 1.807) is 40.3 Å². The number of aromatic nitrogens is 4. The molecule has 16 heteroatoms. The van der Waals surface area contributed by atoms with Crippen LogP contribution in [0.4, 0.5) is 0 Å². The van der Waals surface area contributed by atoms with Crippen LogP contribution >= 0.6 is 0 Å². The quantitative estimate of drug-likeness (QED) is 0.168. The predicted octanol–water partition coefficient (Wildman–Crippen LogP) is 3.86. The molecule has 5 aliphatic heterocycles. The Hall–Kier alpha value is -6.65. The van der Waals surface area contributed by atoms with Crippen molar-refractivity contribution in [3.63, 3.8) is 0 Å². The molecule has 0 bridgehead atoms. The van der Waals surface area contributed by atoms with E-state index in [0.29, 0.717) is 75.2 Å². The normalized spacial score (nSPS) is 20.6. The van der Waals surface area contributed by atoms with Crippen LogP contribution in [0.2, 0.25) is 0 Å². The van der Waals surface area contributed by atoms with Gasteiger partial charge in [0.1, 0.15) is 17.6 Å². The topological polar surface area (TPSA) is 186 Å². The van der Waals surface area contributed by atoms with E-state index in [1.165, 1.54) is 0 Å². The summed E-state index contributed by atoms with van der Waals surface area (Å²) in [7, 11) is 0. The monoisotopic (exact) mass is 822 g/mol. The number of hydrogen-bond donors (Lipinski definition) is 1. The first-order valence-electron chi connectivity index (χ1n) is 20.7. The van der Waals surface area contributed by atoms with Crippen molar-refractivity contribution in [1.29, 1.82) is 0 Å². The molecule has 3 saturated heterocycles. The SMILES string of the molecule is O=CN1CCn2c(C3CCOCC3)nc(-c3cccc4cc(-c5ccc(C(=O)N6CCC(OCc7cccc8c7C(=O)N(C7CCC(=O)NC7=O)C8=O)C6)nc5)ncc34)c2C1. The van der Waals surface area contributed by atoms with Gasteiger partial charge in [-0.1, -0.05) is 30.3 Å². The number of likely N-dealkylation sites (tertiary alicyclic amines) is 1. The van der Waals surface area contributed by atoms with Crippen LogP contribution in [0.1, 0.15) is 86.3 Å². The molecule has 5 aromatic rings. The van der Waals surface area contributed by atoms with Gasteiger partial charge in [0, 0.05) is 80.6 Å². The van der Waals surface area contributed by atoms with Crippen molar-refractivity contribution >= 4 is 46.7 Å². The molecule has 3 fully saturated rings. The number of pyridine rings is 2. The van der Waals surface area contributed by atoms with Gasteiger partial charge in [-0.15, -0.1) is 0 Å². The van der Waals surface area contributed by atoms with Gasteiger partial charge in [-0.25, -0.2) is 4.98 Å². The molecule has 5 aliphatic rings. The number of nitrogens with one attached hydrogen (secondary N) is 1. The van der Waals surface area contributed by atoms with Gasteiger partial charge in [0.25, 0.3) is 17.7 Å². The molecule has 0 aliphatic carbocycles. The summed E-state index contributed by atoms with van der Waals surface area (Å²) in [6.45, 7) is 4.09. The second-order valence-electron chi connectivity index (χ2n) is 16.2. The Kier molecular flexibility index (Phi) is 9.95. The Balaban J connectivity index is 0.810. The molecule has 0 spiro atoms. The van der Waals surface area contributed by atoms with Crippen LogP contribution < -0.4 is 5.32 Å². The highest BCUT2D eigenvalue weighted by atomic mass is 16.5. The second-order valence-corrected chi connectivity index (χ2v) is 16.2. The van der Waals surface area contributed by atoms with E-state index in [-0.39, 0.29) is 42.6 Å². The number of hydrogen-bond acceptors (Lipinski definition) is 11. The Morgan fingerprint density at radius 1 is 0.902 bits per heavy atom. The average Bonchev–Trinajstić information content (AvgIpc) is 4.00. The smallest absolute Gasteiger partial charge is 0.272 e. The Labute approximate surface area is 349 Å². The van der Waals surface area contributed by atoms with E-state index in [4.69, 9.17) is 19.4 Å². The minimum absolute atomic E-state index is 0.0335. The Morgan fingerprint density at radius 3 is 2.54 bits per heavy atom. The Bertz CT molecular complexity index is 2640. The molecule has 10 rings (SSSR count). The fourth-order valence-electron chi connectivity index (χ4n) is 9.32. The number of nitrogens with zero attached hydrogens (tertiary/aromatic N) is 7. The number of ether oxygens (including phenoxy) is 2. The van der Waals surface area contributed by atoms with E-state index < -0.39 is 29.7 Å². The predicted molar refractivity (Wildman–Crippen MR) is 218 cm³/mol. The molecule has 3 aromatic heterocycles. The van der Waals surface area contributed by atoms with Crippen LogP contribution in [0.5, 0.6) is 0 Å². The first-order chi connectivity index (χ1) is 29.7. The van der Waals surface area contributed by atoms with Gasteiger partial charge < -0.3 is 23.8 Å². The number of carbonyl (C=O) groups excluding carboxylic acids is 6. The molecule has 6 amide bonds. The molecule has 2 unspecified atom stereocenters. The molecule has 0 saturated carbocycles. The standard InChI is InChI=1S/C45H42N8O8/c54-25-50-15-16-52-37(23-50)40(49-41(52)26-12-17-60-18-13-26)31-5-1-3-27-19-35(47-21-33(27)31)28-7-8-34(46-20-28)44(58)51-14-11-30(22-51)61-24-29-4-2-6-32-39(29)45(59)53(43(32)57)36-9-10-38(55)48-42(36)56/h1-8,19-21,25-26,30,36H,9-18,22-24H2,(H,48,55,56). The van der Waals surface area contributed by atoms with E-state index >= 15 is 0 Å². The first-order valence-corrected chi connectivity index (χ1v) is 20.7. The zero-order valence-electron chi connectivity index (χ0n) is 33.2. The number of carbonyl (C=O) groups is 6. The van der Waals surface area contributed by atoms with Gasteiger partial charge in [-0.2, -0.15) is 0 Å².